The van der Waals surface area contributed by atoms with Gasteiger partial charge in [0.2, 0.25) is 5.91 Å². The van der Waals surface area contributed by atoms with Crippen molar-refractivity contribution in [1.29, 1.82) is 0 Å². The topological polar surface area (TPSA) is 95.9 Å². The maximum Gasteiger partial charge on any atom is 0.315 e. The zero-order valence-electron chi connectivity index (χ0n) is 14.7. The van der Waals surface area contributed by atoms with E-state index in [1.54, 1.807) is 29.2 Å². The van der Waals surface area contributed by atoms with E-state index in [4.69, 9.17) is 9.84 Å². The van der Waals surface area contributed by atoms with Crippen LogP contribution >= 0.6 is 0 Å². The minimum absolute atomic E-state index is 0.0124. The molecule has 3 atom stereocenters. The Kier molecular flexibility index (Phi) is 6.14. The number of nitrogens with one attached hydrogen (secondary N) is 1. The first-order valence-electron chi connectivity index (χ1n) is 8.32. The van der Waals surface area contributed by atoms with E-state index in [2.05, 4.69) is 5.32 Å². The predicted octanol–water partition coefficient (Wildman–Crippen LogP) is 1.27. The number of morpholine rings is 1. The van der Waals surface area contributed by atoms with Gasteiger partial charge in [-0.15, -0.1) is 0 Å². The van der Waals surface area contributed by atoms with E-state index >= 15 is 0 Å². The fourth-order valence-corrected chi connectivity index (χ4v) is 2.75. The first-order valence-corrected chi connectivity index (χ1v) is 8.32. The zero-order chi connectivity index (χ0) is 18.6. The van der Waals surface area contributed by atoms with Gasteiger partial charge < -0.3 is 20.1 Å². The maximum absolute atomic E-state index is 12.6. The van der Waals surface area contributed by atoms with Gasteiger partial charge in [0.05, 0.1) is 12.2 Å². The normalized spacial score (nSPS) is 21.5. The molecule has 7 heteroatoms. The third-order valence-corrected chi connectivity index (χ3v) is 4.14. The van der Waals surface area contributed by atoms with Crippen molar-refractivity contribution in [3.63, 3.8) is 0 Å². The molecular formula is C18H24N2O5. The molecule has 0 aliphatic carbocycles. The number of hydrogen-bond acceptors (Lipinski definition) is 4. The summed E-state index contributed by atoms with van der Waals surface area (Å²) in [5.41, 5.74) is 1.38. The van der Waals surface area contributed by atoms with Gasteiger partial charge in [0.15, 0.2) is 0 Å². The van der Waals surface area contributed by atoms with Crippen LogP contribution in [0.25, 0.3) is 0 Å². The lowest BCUT2D eigenvalue weighted by Crippen LogP contribution is -2.48. The van der Waals surface area contributed by atoms with Gasteiger partial charge in [0, 0.05) is 25.2 Å². The summed E-state index contributed by atoms with van der Waals surface area (Å²) in [6.45, 7) is 6.57. The van der Waals surface area contributed by atoms with Crippen molar-refractivity contribution in [3.05, 3.63) is 35.4 Å². The molecule has 25 heavy (non-hydrogen) atoms. The Bertz CT molecular complexity index is 633. The number of hydrogen-bond donors (Lipinski definition) is 2. The summed E-state index contributed by atoms with van der Waals surface area (Å²) in [7, 11) is 0. The van der Waals surface area contributed by atoms with Crippen LogP contribution in [0.3, 0.4) is 0 Å². The summed E-state index contributed by atoms with van der Waals surface area (Å²) in [6.07, 6.45) is 0.0248. The Balaban J connectivity index is 1.94. The van der Waals surface area contributed by atoms with Crippen LogP contribution < -0.4 is 5.32 Å². The molecule has 1 fully saturated rings. The summed E-state index contributed by atoms with van der Waals surface area (Å²) in [6, 6.07) is 6.95. The number of carbonyl (C=O) groups is 3. The predicted molar refractivity (Wildman–Crippen MR) is 91.0 cm³/mol. The van der Waals surface area contributed by atoms with Crippen molar-refractivity contribution >= 4 is 17.8 Å². The molecule has 1 aliphatic heterocycles. The van der Waals surface area contributed by atoms with Gasteiger partial charge >= 0.3 is 5.97 Å². The minimum Gasteiger partial charge on any atom is -0.481 e. The molecule has 0 radical (unpaired) electrons. The van der Waals surface area contributed by atoms with Gasteiger partial charge in [-0.3, -0.25) is 14.4 Å². The van der Waals surface area contributed by atoms with Crippen LogP contribution in [0.4, 0.5) is 0 Å². The minimum atomic E-state index is -1.16. The molecule has 1 aliphatic rings. The Labute approximate surface area is 147 Å². The number of nitrogens with zero attached hydrogens (tertiary/aromatic N) is 1. The Morgan fingerprint density at radius 2 is 1.76 bits per heavy atom. The lowest BCUT2D eigenvalue weighted by atomic mass is 10.1. The summed E-state index contributed by atoms with van der Waals surface area (Å²) in [5, 5.41) is 11.4. The molecule has 2 rings (SSSR count). The Morgan fingerprint density at radius 1 is 1.20 bits per heavy atom. The second-order valence-electron chi connectivity index (χ2n) is 6.44. The number of rotatable bonds is 5. The van der Waals surface area contributed by atoms with Gasteiger partial charge in [-0.2, -0.15) is 0 Å². The van der Waals surface area contributed by atoms with Crippen molar-refractivity contribution in [1.82, 2.24) is 10.2 Å². The van der Waals surface area contributed by atoms with E-state index in [9.17, 15) is 14.4 Å². The molecule has 0 saturated carbocycles. The van der Waals surface area contributed by atoms with E-state index in [0.717, 1.165) is 5.56 Å². The number of amides is 2. The average molecular weight is 348 g/mol. The highest BCUT2D eigenvalue weighted by Gasteiger charge is 2.26. The Hall–Kier alpha value is -2.41. The highest BCUT2D eigenvalue weighted by atomic mass is 16.5. The van der Waals surface area contributed by atoms with E-state index in [0.29, 0.717) is 18.7 Å². The van der Waals surface area contributed by atoms with E-state index in [1.165, 1.54) is 6.92 Å². The largest absolute Gasteiger partial charge is 0.481 e. The fraction of sp³-hybridized carbons (Fsp3) is 0.500. The van der Waals surface area contributed by atoms with E-state index < -0.39 is 17.8 Å². The first-order chi connectivity index (χ1) is 11.8. The molecule has 1 aromatic carbocycles. The number of ether oxygens (including phenoxy) is 1. The molecule has 2 amide bonds. The lowest BCUT2D eigenvalue weighted by Gasteiger charge is -2.35. The third-order valence-electron chi connectivity index (χ3n) is 4.14. The zero-order valence-corrected chi connectivity index (χ0v) is 14.7. The quantitative estimate of drug-likeness (QED) is 0.781. The van der Waals surface area contributed by atoms with Crippen LogP contribution in [0.5, 0.6) is 0 Å². The van der Waals surface area contributed by atoms with Crippen molar-refractivity contribution in [2.24, 2.45) is 5.92 Å². The van der Waals surface area contributed by atoms with Crippen LogP contribution in [0.15, 0.2) is 24.3 Å². The highest BCUT2D eigenvalue weighted by Crippen LogP contribution is 2.15. The molecule has 0 spiro atoms. The second-order valence-corrected chi connectivity index (χ2v) is 6.44. The van der Waals surface area contributed by atoms with Crippen LogP contribution in [0, 0.1) is 5.92 Å². The maximum atomic E-state index is 12.6. The lowest BCUT2D eigenvalue weighted by molar-refractivity contribution is -0.146. The van der Waals surface area contributed by atoms with Crippen molar-refractivity contribution in [2.45, 2.75) is 39.5 Å². The number of carbonyl (C=O) groups excluding carboxylic acids is 2. The molecule has 0 aromatic heterocycles. The van der Waals surface area contributed by atoms with Crippen LogP contribution in [-0.4, -0.2) is 53.1 Å². The van der Waals surface area contributed by atoms with Crippen LogP contribution in [-0.2, 0) is 20.9 Å². The van der Waals surface area contributed by atoms with Crippen LogP contribution in [0.1, 0.15) is 36.7 Å². The van der Waals surface area contributed by atoms with Crippen LogP contribution in [0.2, 0.25) is 0 Å². The average Bonchev–Trinajstić information content (AvgIpc) is 2.57. The van der Waals surface area contributed by atoms with Gasteiger partial charge in [0.25, 0.3) is 5.91 Å². The molecule has 3 unspecified atom stereocenters. The standard InChI is InChI=1S/C18H24N2O5/c1-11-9-20(10-12(2)25-11)17(22)15-6-4-14(5-7-15)8-19-16(21)13(3)18(23)24/h4-7,11-13H,8-10H2,1-3H3,(H,19,21)(H,23,24). The molecule has 2 N–H and O–H groups in total. The SMILES string of the molecule is CC1CN(C(=O)c2ccc(CNC(=O)C(C)C(=O)O)cc2)CC(C)O1. The number of aliphatic carboxylic acids is 1. The number of carboxylic acid groups (broad SMARTS) is 1. The molecule has 7 nitrogen and oxygen atoms in total. The summed E-state index contributed by atoms with van der Waals surface area (Å²) in [5.74, 6) is -2.83. The highest BCUT2D eigenvalue weighted by molar-refractivity contribution is 5.96. The summed E-state index contributed by atoms with van der Waals surface area (Å²) >= 11 is 0. The van der Waals surface area contributed by atoms with Gasteiger partial charge in [0.1, 0.15) is 5.92 Å². The van der Waals surface area contributed by atoms with Gasteiger partial charge in [-0.25, -0.2) is 0 Å². The Morgan fingerprint density at radius 3 is 2.28 bits per heavy atom. The van der Waals surface area contributed by atoms with Gasteiger partial charge in [-0.05, 0) is 38.5 Å². The molecule has 136 valence electrons. The second kappa shape index (κ2) is 8.11. The van der Waals surface area contributed by atoms with Crippen molar-refractivity contribution in [2.75, 3.05) is 13.1 Å². The third kappa shape index (κ3) is 5.03. The molecule has 0 bridgehead atoms. The molecular weight excluding hydrogens is 324 g/mol. The molecule has 1 heterocycles. The van der Waals surface area contributed by atoms with E-state index in [1.807, 2.05) is 13.8 Å². The number of benzene rings is 1. The fourth-order valence-electron chi connectivity index (χ4n) is 2.75. The van der Waals surface area contributed by atoms with E-state index in [-0.39, 0.29) is 24.7 Å². The molecule has 1 aromatic rings. The molecule has 1 saturated heterocycles. The van der Waals surface area contributed by atoms with Crippen molar-refractivity contribution < 1.29 is 24.2 Å². The summed E-state index contributed by atoms with van der Waals surface area (Å²) < 4.78 is 5.64. The van der Waals surface area contributed by atoms with Crippen molar-refractivity contribution in [3.8, 4) is 0 Å². The number of carboxylic acids is 1. The first kappa shape index (κ1) is 18.9. The smallest absolute Gasteiger partial charge is 0.315 e. The van der Waals surface area contributed by atoms with Gasteiger partial charge in [-0.1, -0.05) is 12.1 Å². The summed E-state index contributed by atoms with van der Waals surface area (Å²) in [4.78, 5) is 36.7. The monoisotopic (exact) mass is 348 g/mol.